The molecular formula is C16H15F4N. The fraction of sp³-hybridized carbons (Fsp3) is 0.250. The van der Waals surface area contributed by atoms with Crippen LogP contribution in [0.15, 0.2) is 42.5 Å². The molecule has 1 nitrogen and oxygen atoms in total. The summed E-state index contributed by atoms with van der Waals surface area (Å²) in [5.41, 5.74) is 0.932. The maximum absolute atomic E-state index is 13.9. The van der Waals surface area contributed by atoms with Gasteiger partial charge < -0.3 is 5.32 Å². The van der Waals surface area contributed by atoms with Gasteiger partial charge in [-0.2, -0.15) is 13.2 Å². The molecular weight excluding hydrogens is 282 g/mol. The number of hydrogen-bond acceptors (Lipinski definition) is 1. The Balaban J connectivity index is 2.24. The van der Waals surface area contributed by atoms with Crippen LogP contribution in [0.1, 0.15) is 18.1 Å². The van der Waals surface area contributed by atoms with E-state index in [2.05, 4.69) is 5.32 Å². The van der Waals surface area contributed by atoms with Gasteiger partial charge in [0, 0.05) is 12.1 Å². The molecule has 0 spiro atoms. The highest BCUT2D eigenvalue weighted by atomic mass is 19.4. The first kappa shape index (κ1) is 15.5. The normalized spacial score (nSPS) is 11.7. The lowest BCUT2D eigenvalue weighted by atomic mass is 10.0. The molecule has 0 saturated heterocycles. The molecule has 2 rings (SSSR count). The van der Waals surface area contributed by atoms with Gasteiger partial charge in [-0.1, -0.05) is 31.2 Å². The molecule has 21 heavy (non-hydrogen) atoms. The van der Waals surface area contributed by atoms with E-state index < -0.39 is 11.7 Å². The molecule has 0 bridgehead atoms. The Labute approximate surface area is 120 Å². The van der Waals surface area contributed by atoms with Crippen molar-refractivity contribution in [3.63, 3.8) is 0 Å². The van der Waals surface area contributed by atoms with Crippen LogP contribution < -0.4 is 5.32 Å². The molecule has 5 heteroatoms. The number of halogens is 4. The maximum atomic E-state index is 13.9. The summed E-state index contributed by atoms with van der Waals surface area (Å²) in [5.74, 6) is -0.367. The van der Waals surface area contributed by atoms with Gasteiger partial charge in [0.1, 0.15) is 5.82 Å². The van der Waals surface area contributed by atoms with Crippen molar-refractivity contribution in [2.45, 2.75) is 19.6 Å². The lowest BCUT2D eigenvalue weighted by molar-refractivity contribution is -0.137. The highest BCUT2D eigenvalue weighted by Crippen LogP contribution is 2.31. The van der Waals surface area contributed by atoms with Crippen molar-refractivity contribution in [3.8, 4) is 11.1 Å². The van der Waals surface area contributed by atoms with E-state index in [0.29, 0.717) is 23.2 Å². The maximum Gasteiger partial charge on any atom is 0.416 e. The first-order valence-corrected chi connectivity index (χ1v) is 6.58. The van der Waals surface area contributed by atoms with Gasteiger partial charge in [-0.25, -0.2) is 4.39 Å². The van der Waals surface area contributed by atoms with Crippen molar-refractivity contribution in [2.75, 3.05) is 6.54 Å². The fourth-order valence-corrected chi connectivity index (χ4v) is 1.98. The van der Waals surface area contributed by atoms with Crippen molar-refractivity contribution in [3.05, 3.63) is 59.4 Å². The number of alkyl halides is 3. The van der Waals surface area contributed by atoms with Crippen LogP contribution >= 0.6 is 0 Å². The first-order valence-electron chi connectivity index (χ1n) is 6.58. The van der Waals surface area contributed by atoms with Crippen LogP contribution in [-0.2, 0) is 12.7 Å². The van der Waals surface area contributed by atoms with E-state index in [1.165, 1.54) is 18.2 Å². The van der Waals surface area contributed by atoms with Gasteiger partial charge in [-0.3, -0.25) is 0 Å². The molecule has 2 aromatic carbocycles. The highest BCUT2D eigenvalue weighted by Gasteiger charge is 2.29. The largest absolute Gasteiger partial charge is 0.416 e. The van der Waals surface area contributed by atoms with Gasteiger partial charge >= 0.3 is 6.18 Å². The van der Waals surface area contributed by atoms with Crippen molar-refractivity contribution >= 4 is 0 Å². The summed E-state index contributed by atoms with van der Waals surface area (Å²) in [6.07, 6.45) is -4.36. The molecule has 0 atom stereocenters. The molecule has 0 aliphatic heterocycles. The third-order valence-corrected chi connectivity index (χ3v) is 3.16. The monoisotopic (exact) mass is 297 g/mol. The Morgan fingerprint density at radius 1 is 0.952 bits per heavy atom. The lowest BCUT2D eigenvalue weighted by Gasteiger charge is -2.09. The van der Waals surface area contributed by atoms with Gasteiger partial charge in [0.2, 0.25) is 0 Å². The number of nitrogens with one attached hydrogen (secondary N) is 1. The molecule has 112 valence electrons. The second-order valence-electron chi connectivity index (χ2n) is 4.66. The molecule has 0 saturated carbocycles. The van der Waals surface area contributed by atoms with Crippen molar-refractivity contribution in [1.29, 1.82) is 0 Å². The predicted octanol–water partition coefficient (Wildman–Crippen LogP) is 4.62. The Bertz CT molecular complexity index is 603. The highest BCUT2D eigenvalue weighted by molar-refractivity contribution is 5.64. The smallest absolute Gasteiger partial charge is 0.313 e. The fourth-order valence-electron chi connectivity index (χ4n) is 1.98. The molecule has 0 radical (unpaired) electrons. The van der Waals surface area contributed by atoms with E-state index in [1.54, 1.807) is 12.1 Å². The summed E-state index contributed by atoms with van der Waals surface area (Å²) < 4.78 is 51.4. The van der Waals surface area contributed by atoms with Crippen molar-refractivity contribution in [1.82, 2.24) is 5.32 Å². The van der Waals surface area contributed by atoms with Crippen LogP contribution in [0.2, 0.25) is 0 Å². The van der Waals surface area contributed by atoms with Crippen LogP contribution in [0.3, 0.4) is 0 Å². The quantitative estimate of drug-likeness (QED) is 0.812. The Kier molecular flexibility index (Phi) is 4.63. The zero-order chi connectivity index (χ0) is 15.5. The average Bonchev–Trinajstić information content (AvgIpc) is 2.45. The van der Waals surface area contributed by atoms with E-state index in [-0.39, 0.29) is 5.82 Å². The number of benzene rings is 2. The molecule has 0 aromatic heterocycles. The Morgan fingerprint density at radius 2 is 1.57 bits per heavy atom. The SMILES string of the molecule is CCNCc1ccc(-c2ccc(C(F)(F)F)cc2)cc1F. The van der Waals surface area contributed by atoms with Crippen LogP contribution in [0.25, 0.3) is 11.1 Å². The van der Waals surface area contributed by atoms with E-state index in [9.17, 15) is 17.6 Å². The number of hydrogen-bond donors (Lipinski definition) is 1. The van der Waals surface area contributed by atoms with Gasteiger partial charge in [0.05, 0.1) is 5.56 Å². The van der Waals surface area contributed by atoms with E-state index in [4.69, 9.17) is 0 Å². The summed E-state index contributed by atoms with van der Waals surface area (Å²) in [7, 11) is 0. The van der Waals surface area contributed by atoms with Gasteiger partial charge in [0.15, 0.2) is 0 Å². The summed E-state index contributed by atoms with van der Waals surface area (Å²) in [6.45, 7) is 3.09. The molecule has 0 heterocycles. The summed E-state index contributed by atoms with van der Waals surface area (Å²) in [4.78, 5) is 0. The zero-order valence-electron chi connectivity index (χ0n) is 11.5. The van der Waals surface area contributed by atoms with E-state index >= 15 is 0 Å². The molecule has 0 aliphatic rings. The second-order valence-corrected chi connectivity index (χ2v) is 4.66. The van der Waals surface area contributed by atoms with E-state index in [0.717, 1.165) is 18.7 Å². The third-order valence-electron chi connectivity index (χ3n) is 3.16. The molecule has 0 aliphatic carbocycles. The van der Waals surface area contributed by atoms with Crippen molar-refractivity contribution < 1.29 is 17.6 Å². The van der Waals surface area contributed by atoms with E-state index in [1.807, 2.05) is 6.92 Å². The lowest BCUT2D eigenvalue weighted by Crippen LogP contribution is -2.12. The van der Waals surface area contributed by atoms with Crippen LogP contribution in [0.5, 0.6) is 0 Å². The van der Waals surface area contributed by atoms with Crippen molar-refractivity contribution in [2.24, 2.45) is 0 Å². The minimum atomic E-state index is -4.36. The average molecular weight is 297 g/mol. The van der Waals surface area contributed by atoms with Crippen LogP contribution in [-0.4, -0.2) is 6.54 Å². The first-order chi connectivity index (χ1) is 9.91. The minimum Gasteiger partial charge on any atom is -0.313 e. The topological polar surface area (TPSA) is 12.0 Å². The van der Waals surface area contributed by atoms with Gasteiger partial charge in [-0.05, 0) is 35.9 Å². The molecule has 0 unspecified atom stereocenters. The minimum absolute atomic E-state index is 0.367. The molecule has 0 fully saturated rings. The molecule has 1 N–H and O–H groups in total. The third kappa shape index (κ3) is 3.82. The Hall–Kier alpha value is -1.88. The summed E-state index contributed by atoms with van der Waals surface area (Å²) in [6, 6.07) is 9.39. The second kappa shape index (κ2) is 6.26. The molecule has 2 aromatic rings. The van der Waals surface area contributed by atoms with Gasteiger partial charge in [0.25, 0.3) is 0 Å². The zero-order valence-corrected chi connectivity index (χ0v) is 11.5. The Morgan fingerprint density at radius 3 is 2.10 bits per heavy atom. The standard InChI is InChI=1S/C16H15F4N/c1-2-21-10-13-4-3-12(9-15(13)17)11-5-7-14(8-6-11)16(18,19)20/h3-9,21H,2,10H2,1H3. The number of rotatable bonds is 4. The van der Waals surface area contributed by atoms with Gasteiger partial charge in [-0.15, -0.1) is 0 Å². The summed E-state index contributed by atoms with van der Waals surface area (Å²) >= 11 is 0. The summed E-state index contributed by atoms with van der Waals surface area (Å²) in [5, 5.41) is 3.02. The van der Waals surface area contributed by atoms with Crippen LogP contribution in [0, 0.1) is 5.82 Å². The molecule has 0 amide bonds. The predicted molar refractivity (Wildman–Crippen MR) is 74.2 cm³/mol. The van der Waals surface area contributed by atoms with Crippen LogP contribution in [0.4, 0.5) is 17.6 Å².